The van der Waals surface area contributed by atoms with Crippen LogP contribution in [0.4, 0.5) is 0 Å². The molecule has 1 heterocycles. The molecule has 0 aliphatic carbocycles. The number of methoxy groups -OCH3 is 1. The van der Waals surface area contributed by atoms with E-state index in [2.05, 4.69) is 33.3 Å². The number of nitrogens with zero attached hydrogens (tertiary/aromatic N) is 2. The van der Waals surface area contributed by atoms with E-state index in [4.69, 9.17) is 4.74 Å². The fourth-order valence-corrected chi connectivity index (χ4v) is 2.16. The number of rotatable bonds is 8. The van der Waals surface area contributed by atoms with Gasteiger partial charge in [-0.25, -0.2) is 0 Å². The number of ether oxygens (including phenoxy) is 1. The first-order valence-electron chi connectivity index (χ1n) is 5.79. The molecule has 1 atom stereocenters. The van der Waals surface area contributed by atoms with Gasteiger partial charge in [-0.05, 0) is 22.4 Å². The van der Waals surface area contributed by atoms with Crippen LogP contribution in [0, 0.1) is 0 Å². The highest BCUT2D eigenvalue weighted by Gasteiger charge is 2.16. The van der Waals surface area contributed by atoms with E-state index in [0.29, 0.717) is 13.2 Å². The number of aromatic nitrogens is 2. The van der Waals surface area contributed by atoms with Crippen molar-refractivity contribution in [3.05, 3.63) is 16.4 Å². The molecule has 0 saturated heterocycles. The lowest BCUT2D eigenvalue weighted by Crippen LogP contribution is -2.26. The van der Waals surface area contributed by atoms with Gasteiger partial charge in [0.25, 0.3) is 0 Å². The highest BCUT2D eigenvalue weighted by Crippen LogP contribution is 2.23. The van der Waals surface area contributed by atoms with Gasteiger partial charge in [-0.1, -0.05) is 6.92 Å². The summed E-state index contributed by atoms with van der Waals surface area (Å²) in [4.78, 5) is 0. The molecule has 1 aromatic heterocycles. The Morgan fingerprint density at radius 3 is 3.06 bits per heavy atom. The van der Waals surface area contributed by atoms with Crippen LogP contribution < -0.4 is 5.32 Å². The number of aryl methyl sites for hydroxylation is 1. The second-order valence-corrected chi connectivity index (χ2v) is 4.67. The number of halogens is 1. The molecule has 0 spiro atoms. The lowest BCUT2D eigenvalue weighted by molar-refractivity contribution is 0.152. The van der Waals surface area contributed by atoms with Crippen molar-refractivity contribution < 1.29 is 9.84 Å². The Morgan fingerprint density at radius 2 is 2.41 bits per heavy atom. The third kappa shape index (κ3) is 4.39. The molecule has 0 radical (unpaired) electrons. The zero-order valence-corrected chi connectivity index (χ0v) is 11.9. The molecule has 0 amide bonds. The van der Waals surface area contributed by atoms with Crippen molar-refractivity contribution in [1.82, 2.24) is 15.1 Å². The molecule has 0 aliphatic heterocycles. The van der Waals surface area contributed by atoms with Crippen LogP contribution in [0.5, 0.6) is 0 Å². The van der Waals surface area contributed by atoms with Crippen LogP contribution in [-0.2, 0) is 11.3 Å². The second-order valence-electron chi connectivity index (χ2n) is 3.81. The van der Waals surface area contributed by atoms with Crippen molar-refractivity contribution in [2.45, 2.75) is 26.0 Å². The van der Waals surface area contributed by atoms with Crippen LogP contribution in [-0.4, -0.2) is 41.7 Å². The maximum absolute atomic E-state index is 10.1. The molecule has 1 unspecified atom stereocenters. The molecule has 1 rings (SSSR count). The molecule has 0 fully saturated rings. The predicted molar refractivity (Wildman–Crippen MR) is 69.9 cm³/mol. The summed E-state index contributed by atoms with van der Waals surface area (Å²) >= 11 is 3.41. The molecule has 0 aromatic carbocycles. The number of aliphatic hydroxyl groups excluding tert-OH is 1. The minimum Gasteiger partial charge on any atom is -0.385 e. The Kier molecular flexibility index (Phi) is 6.72. The van der Waals surface area contributed by atoms with Crippen molar-refractivity contribution in [2.24, 2.45) is 0 Å². The fourth-order valence-electron chi connectivity index (χ4n) is 1.60. The summed E-state index contributed by atoms with van der Waals surface area (Å²) in [7, 11) is 1.66. The van der Waals surface area contributed by atoms with E-state index in [-0.39, 0.29) is 0 Å². The summed E-state index contributed by atoms with van der Waals surface area (Å²) in [6, 6.07) is 0. The van der Waals surface area contributed by atoms with Gasteiger partial charge < -0.3 is 15.2 Å². The minimum atomic E-state index is -0.560. The fraction of sp³-hybridized carbons (Fsp3) is 0.727. The molecule has 0 saturated carbocycles. The molecule has 1 aromatic rings. The molecule has 5 nitrogen and oxygen atoms in total. The monoisotopic (exact) mass is 305 g/mol. The first-order valence-corrected chi connectivity index (χ1v) is 6.58. The number of aliphatic hydroxyl groups is 1. The third-order valence-corrected chi connectivity index (χ3v) is 3.02. The van der Waals surface area contributed by atoms with Gasteiger partial charge in [-0.15, -0.1) is 0 Å². The Hall–Kier alpha value is -0.430. The average molecular weight is 306 g/mol. The predicted octanol–water partition coefficient (Wildman–Crippen LogP) is 1.32. The molecule has 2 N–H and O–H groups in total. The van der Waals surface area contributed by atoms with E-state index in [1.54, 1.807) is 13.3 Å². The lowest BCUT2D eigenvalue weighted by atomic mass is 10.2. The first kappa shape index (κ1) is 14.6. The van der Waals surface area contributed by atoms with Crippen molar-refractivity contribution in [1.29, 1.82) is 0 Å². The Labute approximate surface area is 110 Å². The normalized spacial score (nSPS) is 12.9. The van der Waals surface area contributed by atoms with Crippen molar-refractivity contribution >= 4 is 15.9 Å². The molecular formula is C11H20BrN3O2. The largest absolute Gasteiger partial charge is 0.385 e. The number of hydrogen-bond donors (Lipinski definition) is 2. The summed E-state index contributed by atoms with van der Waals surface area (Å²) in [6.07, 6.45) is 2.16. The van der Waals surface area contributed by atoms with Crippen molar-refractivity contribution in [2.75, 3.05) is 26.8 Å². The summed E-state index contributed by atoms with van der Waals surface area (Å²) in [5, 5.41) is 17.5. The van der Waals surface area contributed by atoms with E-state index < -0.39 is 6.10 Å². The molecule has 0 bridgehead atoms. The first-order chi connectivity index (χ1) is 8.20. The van der Waals surface area contributed by atoms with Gasteiger partial charge in [0.15, 0.2) is 0 Å². The Balaban J connectivity index is 2.54. The van der Waals surface area contributed by atoms with Crippen molar-refractivity contribution in [3.63, 3.8) is 0 Å². The lowest BCUT2D eigenvalue weighted by Gasteiger charge is -2.14. The Morgan fingerprint density at radius 1 is 1.65 bits per heavy atom. The zero-order chi connectivity index (χ0) is 12.7. The summed E-state index contributed by atoms with van der Waals surface area (Å²) in [6.45, 7) is 4.77. The van der Waals surface area contributed by atoms with Crippen LogP contribution in [0.3, 0.4) is 0 Å². The number of nitrogens with one attached hydrogen (secondary N) is 1. The van der Waals surface area contributed by atoms with Crippen LogP contribution >= 0.6 is 15.9 Å². The third-order valence-electron chi connectivity index (χ3n) is 2.40. The van der Waals surface area contributed by atoms with Crippen LogP contribution in [0.1, 0.15) is 25.1 Å². The van der Waals surface area contributed by atoms with Crippen molar-refractivity contribution in [3.8, 4) is 0 Å². The molecule has 6 heteroatoms. The molecular weight excluding hydrogens is 286 g/mol. The van der Waals surface area contributed by atoms with Gasteiger partial charge in [-0.2, -0.15) is 5.10 Å². The van der Waals surface area contributed by atoms with Gasteiger partial charge in [0, 0.05) is 26.7 Å². The van der Waals surface area contributed by atoms with E-state index in [0.717, 1.165) is 29.7 Å². The topological polar surface area (TPSA) is 59.3 Å². The van der Waals surface area contributed by atoms with Crippen LogP contribution in [0.15, 0.2) is 10.7 Å². The van der Waals surface area contributed by atoms with Gasteiger partial charge in [0.05, 0.1) is 23.0 Å². The van der Waals surface area contributed by atoms with Crippen LogP contribution in [0.2, 0.25) is 0 Å². The summed E-state index contributed by atoms with van der Waals surface area (Å²) in [5.74, 6) is 0. The number of hydrogen-bond acceptors (Lipinski definition) is 4. The zero-order valence-electron chi connectivity index (χ0n) is 10.3. The average Bonchev–Trinajstić information content (AvgIpc) is 2.66. The van der Waals surface area contributed by atoms with E-state index in [9.17, 15) is 5.11 Å². The van der Waals surface area contributed by atoms with Gasteiger partial charge >= 0.3 is 0 Å². The Bertz CT molecular complexity index is 331. The quantitative estimate of drug-likeness (QED) is 0.711. The molecule has 17 heavy (non-hydrogen) atoms. The summed E-state index contributed by atoms with van der Waals surface area (Å²) in [5.41, 5.74) is 0.830. The highest BCUT2D eigenvalue weighted by atomic mass is 79.9. The molecule has 0 aliphatic rings. The summed E-state index contributed by atoms with van der Waals surface area (Å²) < 4.78 is 7.62. The maximum atomic E-state index is 10.1. The SMILES string of the molecule is CCCn1ncc(Br)c1C(O)CNCCOC. The maximum Gasteiger partial charge on any atom is 0.109 e. The van der Waals surface area contributed by atoms with Crippen LogP contribution in [0.25, 0.3) is 0 Å². The second kappa shape index (κ2) is 7.81. The van der Waals surface area contributed by atoms with E-state index >= 15 is 0 Å². The smallest absolute Gasteiger partial charge is 0.109 e. The highest BCUT2D eigenvalue weighted by molar-refractivity contribution is 9.10. The van der Waals surface area contributed by atoms with Gasteiger partial charge in [-0.3, -0.25) is 4.68 Å². The van der Waals surface area contributed by atoms with Gasteiger partial charge in [0.2, 0.25) is 0 Å². The standard InChI is InChI=1S/C11H20BrN3O2/c1-3-5-15-11(9(12)7-14-15)10(16)8-13-4-6-17-2/h7,10,13,16H,3-6,8H2,1-2H3. The van der Waals surface area contributed by atoms with E-state index in [1.807, 2.05) is 4.68 Å². The molecule has 98 valence electrons. The van der Waals surface area contributed by atoms with Gasteiger partial charge in [0.1, 0.15) is 6.10 Å². The van der Waals surface area contributed by atoms with E-state index in [1.165, 1.54) is 0 Å². The minimum absolute atomic E-state index is 0.497.